The molecule has 0 fully saturated rings. The van der Waals surface area contributed by atoms with Crippen LogP contribution in [-0.2, 0) is 4.28 Å². The van der Waals surface area contributed by atoms with Crippen molar-refractivity contribution < 1.29 is 9.37 Å². The molecule has 0 aliphatic rings. The molecule has 4 nitrogen and oxygen atoms in total. The minimum Gasteiger partial charge on any atom is -0.236 e. The summed E-state index contributed by atoms with van der Waals surface area (Å²) in [6.07, 6.45) is 0. The zero-order valence-electron chi connectivity index (χ0n) is 5.47. The van der Waals surface area contributed by atoms with Gasteiger partial charge in [-0.05, 0) is 12.1 Å². The fraction of sp³-hybridized carbons (Fsp3) is 0. The topological polar surface area (TPSA) is 52.4 Å². The lowest BCUT2D eigenvalue weighted by Crippen LogP contribution is -1.90. The van der Waals surface area contributed by atoms with E-state index in [0.717, 1.165) is 12.0 Å². The van der Waals surface area contributed by atoms with Gasteiger partial charge in [-0.2, -0.15) is 0 Å². The molecule has 0 bridgehead atoms. The standard InChI is InChI=1S/C6H5NO3S/c8-7(9)10-11-6-4-2-1-3-5-6/h1-5H. The molecule has 0 aliphatic heterocycles. The van der Waals surface area contributed by atoms with Crippen LogP contribution >= 0.6 is 12.0 Å². The zero-order valence-corrected chi connectivity index (χ0v) is 6.28. The van der Waals surface area contributed by atoms with E-state index in [9.17, 15) is 10.1 Å². The Labute approximate surface area is 67.5 Å². The maximum Gasteiger partial charge on any atom is 0.306 e. The number of benzene rings is 1. The highest BCUT2D eigenvalue weighted by molar-refractivity contribution is 7.94. The largest absolute Gasteiger partial charge is 0.306 e. The predicted molar refractivity (Wildman–Crippen MR) is 40.4 cm³/mol. The molecule has 0 atom stereocenters. The van der Waals surface area contributed by atoms with Crippen molar-refractivity contribution in [3.8, 4) is 0 Å². The lowest BCUT2D eigenvalue weighted by molar-refractivity contribution is -0.707. The summed E-state index contributed by atoms with van der Waals surface area (Å²) in [5, 5.41) is 8.90. The smallest absolute Gasteiger partial charge is 0.236 e. The van der Waals surface area contributed by atoms with Crippen LogP contribution in [0.25, 0.3) is 0 Å². The average molecular weight is 171 g/mol. The second-order valence-electron chi connectivity index (χ2n) is 1.69. The number of hydrogen-bond acceptors (Lipinski definition) is 4. The van der Waals surface area contributed by atoms with Gasteiger partial charge in [0.05, 0.1) is 12.0 Å². The molecule has 1 rings (SSSR count). The van der Waals surface area contributed by atoms with E-state index in [1.807, 2.05) is 6.07 Å². The van der Waals surface area contributed by atoms with Crippen LogP contribution in [0.2, 0.25) is 0 Å². The summed E-state index contributed by atoms with van der Waals surface area (Å²) in [4.78, 5) is 10.4. The highest BCUT2D eigenvalue weighted by Crippen LogP contribution is 2.17. The van der Waals surface area contributed by atoms with Crippen LogP contribution in [0.1, 0.15) is 0 Å². The van der Waals surface area contributed by atoms with Crippen molar-refractivity contribution in [2.45, 2.75) is 4.90 Å². The fourth-order valence-electron chi connectivity index (χ4n) is 0.550. The van der Waals surface area contributed by atoms with Crippen LogP contribution in [0, 0.1) is 10.1 Å². The van der Waals surface area contributed by atoms with Crippen molar-refractivity contribution in [3.05, 3.63) is 40.4 Å². The van der Waals surface area contributed by atoms with Crippen molar-refractivity contribution in [2.24, 2.45) is 0 Å². The van der Waals surface area contributed by atoms with E-state index in [4.69, 9.17) is 0 Å². The average Bonchev–Trinajstić information content (AvgIpc) is 2.03. The van der Waals surface area contributed by atoms with Gasteiger partial charge in [0.25, 0.3) is 0 Å². The molecule has 1 aromatic carbocycles. The third-order valence-electron chi connectivity index (χ3n) is 0.938. The van der Waals surface area contributed by atoms with Gasteiger partial charge in [-0.15, -0.1) is 10.1 Å². The quantitative estimate of drug-likeness (QED) is 0.396. The van der Waals surface area contributed by atoms with E-state index in [1.54, 1.807) is 24.3 Å². The summed E-state index contributed by atoms with van der Waals surface area (Å²) in [7, 11) is 0. The predicted octanol–water partition coefficient (Wildman–Crippen LogP) is 1.90. The normalized spacial score (nSPS) is 9.09. The van der Waals surface area contributed by atoms with Gasteiger partial charge in [-0.25, -0.2) is 4.28 Å². The number of hydrogen-bond donors (Lipinski definition) is 0. The van der Waals surface area contributed by atoms with Gasteiger partial charge in [0, 0.05) is 4.90 Å². The van der Waals surface area contributed by atoms with Crippen LogP contribution in [-0.4, -0.2) is 5.09 Å². The van der Waals surface area contributed by atoms with Crippen molar-refractivity contribution in [1.29, 1.82) is 0 Å². The molecule has 11 heavy (non-hydrogen) atoms. The Morgan fingerprint density at radius 1 is 1.36 bits per heavy atom. The van der Waals surface area contributed by atoms with Crippen LogP contribution in [0.15, 0.2) is 35.2 Å². The first-order chi connectivity index (χ1) is 5.29. The Morgan fingerprint density at radius 2 is 2.00 bits per heavy atom. The Morgan fingerprint density at radius 3 is 2.55 bits per heavy atom. The molecule has 0 heterocycles. The van der Waals surface area contributed by atoms with Gasteiger partial charge >= 0.3 is 5.09 Å². The molecule has 58 valence electrons. The zero-order chi connectivity index (χ0) is 8.10. The summed E-state index contributed by atoms with van der Waals surface area (Å²) in [6, 6.07) is 8.86. The molecule has 0 amide bonds. The Hall–Kier alpha value is -1.23. The van der Waals surface area contributed by atoms with E-state index >= 15 is 0 Å². The molecule has 0 aliphatic carbocycles. The second-order valence-corrected chi connectivity index (χ2v) is 2.48. The van der Waals surface area contributed by atoms with E-state index in [-0.39, 0.29) is 0 Å². The van der Waals surface area contributed by atoms with Crippen molar-refractivity contribution in [3.63, 3.8) is 0 Å². The third kappa shape index (κ3) is 2.90. The van der Waals surface area contributed by atoms with Crippen LogP contribution in [0.5, 0.6) is 0 Å². The molecular formula is C6H5NO3S. The molecule has 0 N–H and O–H groups in total. The van der Waals surface area contributed by atoms with Gasteiger partial charge in [0.2, 0.25) is 0 Å². The molecule has 5 heteroatoms. The van der Waals surface area contributed by atoms with Gasteiger partial charge < -0.3 is 0 Å². The fourth-order valence-corrected chi connectivity index (χ4v) is 0.965. The molecule has 0 unspecified atom stereocenters. The maximum atomic E-state index is 9.74. The minimum atomic E-state index is -0.836. The molecule has 0 aromatic heterocycles. The molecule has 0 spiro atoms. The summed E-state index contributed by atoms with van der Waals surface area (Å²) < 4.78 is 4.07. The van der Waals surface area contributed by atoms with E-state index in [0.29, 0.717) is 4.90 Å². The van der Waals surface area contributed by atoms with Crippen LogP contribution in [0.3, 0.4) is 0 Å². The first-order valence-electron chi connectivity index (χ1n) is 2.83. The summed E-state index contributed by atoms with van der Waals surface area (Å²) >= 11 is 0.729. The van der Waals surface area contributed by atoms with Crippen molar-refractivity contribution in [2.75, 3.05) is 0 Å². The first kappa shape index (κ1) is 7.87. The summed E-state index contributed by atoms with van der Waals surface area (Å²) in [5.41, 5.74) is 0. The van der Waals surface area contributed by atoms with Crippen LogP contribution < -0.4 is 0 Å². The SMILES string of the molecule is O=[N+]([O-])OSc1ccccc1. The van der Waals surface area contributed by atoms with E-state index in [2.05, 4.69) is 4.28 Å². The molecule has 0 saturated carbocycles. The van der Waals surface area contributed by atoms with Crippen molar-refractivity contribution >= 4 is 12.0 Å². The van der Waals surface area contributed by atoms with Gasteiger partial charge in [-0.3, -0.25) is 0 Å². The van der Waals surface area contributed by atoms with E-state index in [1.165, 1.54) is 0 Å². The molecular weight excluding hydrogens is 166 g/mol. The summed E-state index contributed by atoms with van der Waals surface area (Å²) in [5.74, 6) is 0. The number of nitrogens with zero attached hydrogens (tertiary/aromatic N) is 1. The lowest BCUT2D eigenvalue weighted by Gasteiger charge is -1.94. The number of rotatable bonds is 3. The van der Waals surface area contributed by atoms with Gasteiger partial charge in [0.15, 0.2) is 0 Å². The highest BCUT2D eigenvalue weighted by atomic mass is 32.2. The minimum absolute atomic E-state index is 0.712. The van der Waals surface area contributed by atoms with Crippen LogP contribution in [0.4, 0.5) is 0 Å². The molecule has 0 radical (unpaired) electrons. The molecule has 0 saturated heterocycles. The lowest BCUT2D eigenvalue weighted by atomic mass is 10.4. The van der Waals surface area contributed by atoms with Crippen molar-refractivity contribution in [1.82, 2.24) is 0 Å². The molecule has 1 aromatic rings. The highest BCUT2D eigenvalue weighted by Gasteiger charge is 1.96. The maximum absolute atomic E-state index is 9.74. The Kier molecular flexibility index (Phi) is 2.74. The monoisotopic (exact) mass is 171 g/mol. The second kappa shape index (κ2) is 3.82. The Bertz CT molecular complexity index is 239. The van der Waals surface area contributed by atoms with Gasteiger partial charge in [-0.1, -0.05) is 18.2 Å². The third-order valence-corrected chi connectivity index (χ3v) is 1.60. The first-order valence-corrected chi connectivity index (χ1v) is 3.57. The van der Waals surface area contributed by atoms with E-state index < -0.39 is 5.09 Å². The summed E-state index contributed by atoms with van der Waals surface area (Å²) in [6.45, 7) is 0. The Balaban J connectivity index is 2.45. The van der Waals surface area contributed by atoms with Gasteiger partial charge in [0.1, 0.15) is 0 Å².